The molecule has 0 fully saturated rings. The molecule has 2 aromatic heterocycles. The number of halogens is 1. The molecule has 2 aromatic carbocycles. The van der Waals surface area contributed by atoms with E-state index in [0.29, 0.717) is 11.6 Å². The molecule has 6 nitrogen and oxygen atoms in total. The van der Waals surface area contributed by atoms with Gasteiger partial charge in [0.2, 0.25) is 0 Å². The zero-order valence-corrected chi connectivity index (χ0v) is 17.8. The Bertz CT molecular complexity index is 1120. The smallest absolute Gasteiger partial charge is 0.119 e. The predicted octanol–water partition coefficient (Wildman–Crippen LogP) is 4.27. The van der Waals surface area contributed by atoms with Gasteiger partial charge in [-0.2, -0.15) is 10.2 Å². The van der Waals surface area contributed by atoms with Gasteiger partial charge in [-0.05, 0) is 48.9 Å². The first-order valence-corrected chi connectivity index (χ1v) is 10.2. The van der Waals surface area contributed by atoms with Crippen LogP contribution >= 0.6 is 11.6 Å². The average Bonchev–Trinajstić information content (AvgIpc) is 3.38. The Labute approximate surface area is 181 Å². The Morgan fingerprint density at radius 2 is 1.87 bits per heavy atom. The molecule has 154 valence electrons. The predicted molar refractivity (Wildman–Crippen MR) is 119 cm³/mol. The minimum atomic E-state index is 0.689. The summed E-state index contributed by atoms with van der Waals surface area (Å²) in [5.41, 5.74) is 5.07. The zero-order valence-electron chi connectivity index (χ0n) is 17.0. The second kappa shape index (κ2) is 9.15. The molecule has 0 saturated heterocycles. The Hall–Kier alpha value is -3.09. The highest BCUT2D eigenvalue weighted by molar-refractivity contribution is 6.33. The van der Waals surface area contributed by atoms with Crippen molar-refractivity contribution in [2.75, 3.05) is 13.7 Å². The normalized spacial score (nSPS) is 11.0. The van der Waals surface area contributed by atoms with E-state index < -0.39 is 0 Å². The van der Waals surface area contributed by atoms with Gasteiger partial charge in [0.25, 0.3) is 0 Å². The third-order valence-corrected chi connectivity index (χ3v) is 5.25. The second-order valence-electron chi connectivity index (χ2n) is 7.07. The Balaban J connectivity index is 1.56. The van der Waals surface area contributed by atoms with Crippen LogP contribution in [0, 0.1) is 0 Å². The van der Waals surface area contributed by atoms with E-state index >= 15 is 0 Å². The molecule has 0 aliphatic heterocycles. The summed E-state index contributed by atoms with van der Waals surface area (Å²) in [6.07, 6.45) is 6.91. The van der Waals surface area contributed by atoms with Crippen LogP contribution in [0.4, 0.5) is 0 Å². The summed E-state index contributed by atoms with van der Waals surface area (Å²) in [6, 6.07) is 15.6. The van der Waals surface area contributed by atoms with Crippen molar-refractivity contribution in [3.05, 3.63) is 83.3 Å². The summed E-state index contributed by atoms with van der Waals surface area (Å²) >= 11 is 6.47. The van der Waals surface area contributed by atoms with Crippen LogP contribution in [0.2, 0.25) is 5.02 Å². The van der Waals surface area contributed by atoms with Crippen molar-refractivity contribution in [1.82, 2.24) is 24.9 Å². The maximum absolute atomic E-state index is 6.47. The van der Waals surface area contributed by atoms with Gasteiger partial charge < -0.3 is 10.1 Å². The number of nitrogens with one attached hydrogen (secondary N) is 1. The summed E-state index contributed by atoms with van der Waals surface area (Å²) in [5, 5.41) is 13.3. The van der Waals surface area contributed by atoms with Crippen LogP contribution in [-0.4, -0.2) is 33.2 Å². The molecule has 4 aromatic rings. The minimum absolute atomic E-state index is 0.689. The summed E-state index contributed by atoms with van der Waals surface area (Å²) in [6.45, 7) is 1.54. The number of nitrogens with zero attached hydrogens (tertiary/aromatic N) is 4. The van der Waals surface area contributed by atoms with E-state index in [1.165, 1.54) is 5.56 Å². The molecule has 7 heteroatoms. The van der Waals surface area contributed by atoms with Crippen LogP contribution in [0.15, 0.2) is 67.1 Å². The van der Waals surface area contributed by atoms with E-state index in [4.69, 9.17) is 21.4 Å². The number of aryl methyl sites for hydroxylation is 1. The SMILES string of the molecule is COc1ccc(-n2cc(CNCCc3cnn(C)c3)c(-c3ccccc3Cl)n2)cc1. The topological polar surface area (TPSA) is 56.9 Å². The van der Waals surface area contributed by atoms with Crippen LogP contribution in [0.1, 0.15) is 11.1 Å². The number of hydrogen-bond donors (Lipinski definition) is 1. The third-order valence-electron chi connectivity index (χ3n) is 4.92. The lowest BCUT2D eigenvalue weighted by Gasteiger charge is -2.06. The number of hydrogen-bond acceptors (Lipinski definition) is 4. The van der Waals surface area contributed by atoms with Crippen molar-refractivity contribution >= 4 is 11.6 Å². The van der Waals surface area contributed by atoms with Gasteiger partial charge in [0, 0.05) is 37.1 Å². The monoisotopic (exact) mass is 421 g/mol. The highest BCUT2D eigenvalue weighted by atomic mass is 35.5. The Kier molecular flexibility index (Phi) is 6.16. The maximum Gasteiger partial charge on any atom is 0.119 e. The van der Waals surface area contributed by atoms with Crippen LogP contribution in [0.25, 0.3) is 16.9 Å². The van der Waals surface area contributed by atoms with E-state index in [9.17, 15) is 0 Å². The summed E-state index contributed by atoms with van der Waals surface area (Å²) in [4.78, 5) is 0. The first-order chi connectivity index (χ1) is 14.6. The molecule has 0 saturated carbocycles. The van der Waals surface area contributed by atoms with Crippen LogP contribution < -0.4 is 10.1 Å². The lowest BCUT2D eigenvalue weighted by Crippen LogP contribution is -2.16. The highest BCUT2D eigenvalue weighted by Gasteiger charge is 2.14. The highest BCUT2D eigenvalue weighted by Crippen LogP contribution is 2.30. The molecule has 0 aliphatic rings. The number of methoxy groups -OCH3 is 1. The lowest BCUT2D eigenvalue weighted by molar-refractivity contribution is 0.414. The Morgan fingerprint density at radius 3 is 2.57 bits per heavy atom. The second-order valence-corrected chi connectivity index (χ2v) is 7.48. The molecule has 0 radical (unpaired) electrons. The third kappa shape index (κ3) is 4.56. The van der Waals surface area contributed by atoms with Crippen molar-refractivity contribution in [1.29, 1.82) is 0 Å². The van der Waals surface area contributed by atoms with Crippen molar-refractivity contribution < 1.29 is 4.74 Å². The van der Waals surface area contributed by atoms with Gasteiger partial charge in [-0.25, -0.2) is 4.68 Å². The molecule has 0 spiro atoms. The first-order valence-electron chi connectivity index (χ1n) is 9.80. The molecule has 0 bridgehead atoms. The zero-order chi connectivity index (χ0) is 20.9. The van der Waals surface area contributed by atoms with Gasteiger partial charge in [-0.1, -0.05) is 29.8 Å². The number of benzene rings is 2. The molecule has 1 N–H and O–H groups in total. The van der Waals surface area contributed by atoms with Crippen LogP contribution in [-0.2, 0) is 20.0 Å². The summed E-state index contributed by atoms with van der Waals surface area (Å²) in [7, 11) is 3.59. The average molecular weight is 422 g/mol. The van der Waals surface area contributed by atoms with Gasteiger partial charge in [-0.3, -0.25) is 4.68 Å². The van der Waals surface area contributed by atoms with E-state index in [1.54, 1.807) is 7.11 Å². The maximum atomic E-state index is 6.47. The fourth-order valence-corrected chi connectivity index (χ4v) is 3.57. The lowest BCUT2D eigenvalue weighted by atomic mass is 10.1. The molecule has 0 unspecified atom stereocenters. The molecule has 0 aliphatic carbocycles. The fourth-order valence-electron chi connectivity index (χ4n) is 3.34. The molecular formula is C23H24ClN5O. The van der Waals surface area contributed by atoms with Crippen molar-refractivity contribution in [3.8, 4) is 22.7 Å². The van der Waals surface area contributed by atoms with E-state index in [-0.39, 0.29) is 0 Å². The largest absolute Gasteiger partial charge is 0.497 e. The standard InChI is InChI=1S/C23H24ClN5O/c1-28-15-17(13-26-28)11-12-25-14-18-16-29(19-7-9-20(30-2)10-8-19)27-23(18)21-5-3-4-6-22(21)24/h3-10,13,15-16,25H,11-12,14H2,1-2H3. The summed E-state index contributed by atoms with van der Waals surface area (Å²) in [5.74, 6) is 0.814. The quantitative estimate of drug-likeness (QED) is 0.432. The summed E-state index contributed by atoms with van der Waals surface area (Å²) < 4.78 is 8.97. The Morgan fingerprint density at radius 1 is 1.07 bits per heavy atom. The first kappa shape index (κ1) is 20.2. The van der Waals surface area contributed by atoms with Crippen molar-refractivity contribution in [3.63, 3.8) is 0 Å². The van der Waals surface area contributed by atoms with Crippen LogP contribution in [0.5, 0.6) is 5.75 Å². The van der Waals surface area contributed by atoms with Crippen molar-refractivity contribution in [2.45, 2.75) is 13.0 Å². The minimum Gasteiger partial charge on any atom is -0.497 e. The van der Waals surface area contributed by atoms with E-state index in [1.807, 2.05) is 77.3 Å². The molecule has 0 atom stereocenters. The van der Waals surface area contributed by atoms with Crippen molar-refractivity contribution in [2.24, 2.45) is 7.05 Å². The van der Waals surface area contributed by atoms with Gasteiger partial charge in [0.15, 0.2) is 0 Å². The van der Waals surface area contributed by atoms with Gasteiger partial charge in [0.1, 0.15) is 5.75 Å². The number of ether oxygens (including phenoxy) is 1. The van der Waals surface area contributed by atoms with E-state index in [2.05, 4.69) is 16.6 Å². The number of rotatable bonds is 8. The number of aromatic nitrogens is 4. The van der Waals surface area contributed by atoms with Gasteiger partial charge in [0.05, 0.1) is 29.7 Å². The van der Waals surface area contributed by atoms with Gasteiger partial charge >= 0.3 is 0 Å². The van der Waals surface area contributed by atoms with Gasteiger partial charge in [-0.15, -0.1) is 0 Å². The molecule has 4 rings (SSSR count). The molecular weight excluding hydrogens is 398 g/mol. The van der Waals surface area contributed by atoms with Crippen LogP contribution in [0.3, 0.4) is 0 Å². The molecule has 30 heavy (non-hydrogen) atoms. The molecule has 0 amide bonds. The van der Waals surface area contributed by atoms with E-state index in [0.717, 1.165) is 41.2 Å². The fraction of sp³-hybridized carbons (Fsp3) is 0.217. The molecule has 2 heterocycles.